The maximum absolute atomic E-state index is 12.7. The molecule has 29 heavy (non-hydrogen) atoms. The summed E-state index contributed by atoms with van der Waals surface area (Å²) in [6, 6.07) is 5.42. The highest BCUT2D eigenvalue weighted by molar-refractivity contribution is 6.14. The van der Waals surface area contributed by atoms with Gasteiger partial charge in [0.1, 0.15) is 11.5 Å². The van der Waals surface area contributed by atoms with E-state index in [1.807, 2.05) is 19.1 Å². The number of ether oxygens (including phenoxy) is 2. The van der Waals surface area contributed by atoms with Crippen LogP contribution >= 0.6 is 0 Å². The Morgan fingerprint density at radius 2 is 2.07 bits per heavy atom. The number of hydrogen-bond donors (Lipinski definition) is 0. The number of nitrogens with zero attached hydrogens (tertiary/aromatic N) is 3. The highest BCUT2D eigenvalue weighted by atomic mass is 16.5. The van der Waals surface area contributed by atoms with Gasteiger partial charge in [-0.1, -0.05) is 12.5 Å². The van der Waals surface area contributed by atoms with Gasteiger partial charge in [0, 0.05) is 27.1 Å². The Kier molecular flexibility index (Phi) is 6.56. The molecule has 2 amide bonds. The van der Waals surface area contributed by atoms with Crippen molar-refractivity contribution in [3.8, 4) is 11.5 Å². The number of rotatable bonds is 6. The van der Waals surface area contributed by atoms with E-state index in [4.69, 9.17) is 9.47 Å². The number of amidine groups is 1. The molecule has 0 spiro atoms. The first-order valence-electron chi connectivity index (χ1n) is 10.2. The van der Waals surface area contributed by atoms with E-state index < -0.39 is 6.10 Å². The van der Waals surface area contributed by atoms with Crippen LogP contribution in [0, 0.1) is 0 Å². The first kappa shape index (κ1) is 20.9. The normalized spacial score (nSPS) is 18.8. The lowest BCUT2D eigenvalue weighted by Gasteiger charge is -2.20. The van der Waals surface area contributed by atoms with Gasteiger partial charge in [-0.15, -0.1) is 0 Å². The fraction of sp³-hybridized carbons (Fsp3) is 0.500. The van der Waals surface area contributed by atoms with Crippen molar-refractivity contribution in [1.29, 1.82) is 0 Å². The summed E-state index contributed by atoms with van der Waals surface area (Å²) in [6.07, 6.45) is 5.22. The topological polar surface area (TPSA) is 71.4 Å². The van der Waals surface area contributed by atoms with Crippen LogP contribution in [0.2, 0.25) is 0 Å². The SMILES string of the molecule is CCOc1cc(/C=C2/N=C3CCCCCN3C2=O)ccc1OC(C)C(=O)N(C)C. The van der Waals surface area contributed by atoms with E-state index in [-0.39, 0.29) is 11.8 Å². The average molecular weight is 399 g/mol. The van der Waals surface area contributed by atoms with E-state index in [0.29, 0.717) is 23.8 Å². The summed E-state index contributed by atoms with van der Waals surface area (Å²) in [6.45, 7) is 4.79. The van der Waals surface area contributed by atoms with Crippen LogP contribution < -0.4 is 9.47 Å². The van der Waals surface area contributed by atoms with E-state index >= 15 is 0 Å². The van der Waals surface area contributed by atoms with E-state index in [2.05, 4.69) is 4.99 Å². The van der Waals surface area contributed by atoms with Gasteiger partial charge in [0.05, 0.1) is 6.61 Å². The first-order chi connectivity index (χ1) is 13.9. The quantitative estimate of drug-likeness (QED) is 0.689. The monoisotopic (exact) mass is 399 g/mol. The highest BCUT2D eigenvalue weighted by Gasteiger charge is 2.30. The van der Waals surface area contributed by atoms with Gasteiger partial charge >= 0.3 is 0 Å². The second kappa shape index (κ2) is 9.11. The number of benzene rings is 1. The lowest BCUT2D eigenvalue weighted by molar-refractivity contribution is -0.135. The summed E-state index contributed by atoms with van der Waals surface area (Å²) < 4.78 is 11.5. The first-order valence-corrected chi connectivity index (χ1v) is 10.2. The molecule has 7 nitrogen and oxygen atoms in total. The van der Waals surface area contributed by atoms with E-state index in [1.54, 1.807) is 38.1 Å². The van der Waals surface area contributed by atoms with E-state index in [1.165, 1.54) is 4.90 Å². The van der Waals surface area contributed by atoms with Crippen molar-refractivity contribution in [3.63, 3.8) is 0 Å². The summed E-state index contributed by atoms with van der Waals surface area (Å²) in [4.78, 5) is 32.7. The van der Waals surface area contributed by atoms with Crippen molar-refractivity contribution in [2.75, 3.05) is 27.2 Å². The number of amides is 2. The van der Waals surface area contributed by atoms with Crippen molar-refractivity contribution >= 4 is 23.7 Å². The molecule has 2 aliphatic heterocycles. The Hall–Kier alpha value is -2.83. The minimum absolute atomic E-state index is 0.0367. The Bertz CT molecular complexity index is 844. The molecule has 2 aliphatic rings. The Morgan fingerprint density at radius 1 is 1.28 bits per heavy atom. The molecule has 3 rings (SSSR count). The van der Waals surface area contributed by atoms with Crippen LogP contribution in [-0.2, 0) is 9.59 Å². The lowest BCUT2D eigenvalue weighted by Crippen LogP contribution is -2.35. The average Bonchev–Trinajstić information content (AvgIpc) is 2.85. The highest BCUT2D eigenvalue weighted by Crippen LogP contribution is 2.31. The summed E-state index contributed by atoms with van der Waals surface area (Å²) in [7, 11) is 3.38. The second-order valence-electron chi connectivity index (χ2n) is 7.46. The third kappa shape index (κ3) is 4.78. The molecule has 0 aliphatic carbocycles. The Labute approximate surface area is 172 Å². The third-order valence-electron chi connectivity index (χ3n) is 4.97. The van der Waals surface area contributed by atoms with Gasteiger partial charge < -0.3 is 14.4 Å². The molecular weight excluding hydrogens is 370 g/mol. The van der Waals surface area contributed by atoms with Crippen LogP contribution in [0.5, 0.6) is 11.5 Å². The second-order valence-corrected chi connectivity index (χ2v) is 7.46. The molecule has 1 atom stereocenters. The maximum atomic E-state index is 12.7. The van der Waals surface area contributed by atoms with Crippen LogP contribution in [0.25, 0.3) is 6.08 Å². The number of likely N-dealkylation sites (N-methyl/N-ethyl adjacent to an activating group) is 1. The van der Waals surface area contributed by atoms with E-state index in [0.717, 1.165) is 43.6 Å². The minimum Gasteiger partial charge on any atom is -0.490 e. The van der Waals surface area contributed by atoms with Crippen LogP contribution in [0.1, 0.15) is 45.1 Å². The van der Waals surface area contributed by atoms with Gasteiger partial charge in [-0.2, -0.15) is 0 Å². The number of hydrogen-bond acceptors (Lipinski definition) is 5. The smallest absolute Gasteiger partial charge is 0.277 e. The molecule has 0 radical (unpaired) electrons. The fourth-order valence-corrected chi connectivity index (χ4v) is 3.49. The molecule has 1 aromatic rings. The molecule has 1 saturated heterocycles. The van der Waals surface area contributed by atoms with Crippen molar-refractivity contribution in [3.05, 3.63) is 29.5 Å². The minimum atomic E-state index is -0.629. The molecule has 1 fully saturated rings. The molecule has 156 valence electrons. The van der Waals surface area contributed by atoms with Crippen LogP contribution in [-0.4, -0.2) is 60.8 Å². The van der Waals surface area contributed by atoms with Crippen molar-refractivity contribution < 1.29 is 19.1 Å². The van der Waals surface area contributed by atoms with Gasteiger partial charge in [-0.05, 0) is 50.5 Å². The number of carbonyl (C=O) groups excluding carboxylic acids is 2. The molecule has 0 saturated carbocycles. The summed E-state index contributed by atoms with van der Waals surface area (Å²) in [5, 5.41) is 0. The van der Waals surface area contributed by atoms with Crippen LogP contribution in [0.15, 0.2) is 28.9 Å². The van der Waals surface area contributed by atoms with E-state index in [9.17, 15) is 9.59 Å². The number of fused-ring (bicyclic) bond motifs is 1. The Morgan fingerprint density at radius 3 is 2.79 bits per heavy atom. The maximum Gasteiger partial charge on any atom is 0.277 e. The summed E-state index contributed by atoms with van der Waals surface area (Å²) in [5.41, 5.74) is 1.26. The zero-order chi connectivity index (χ0) is 21.0. The summed E-state index contributed by atoms with van der Waals surface area (Å²) in [5.74, 6) is 1.74. The lowest BCUT2D eigenvalue weighted by atomic mass is 10.1. The predicted octanol–water partition coefficient (Wildman–Crippen LogP) is 3.10. The van der Waals surface area contributed by atoms with Crippen LogP contribution in [0.3, 0.4) is 0 Å². The van der Waals surface area contributed by atoms with Gasteiger partial charge in [-0.3, -0.25) is 14.5 Å². The number of aliphatic imine (C=N–C) groups is 1. The molecule has 2 heterocycles. The van der Waals surface area contributed by atoms with Gasteiger partial charge in [0.15, 0.2) is 17.6 Å². The number of carbonyl (C=O) groups is 2. The zero-order valence-electron chi connectivity index (χ0n) is 17.6. The molecule has 7 heteroatoms. The molecule has 1 unspecified atom stereocenters. The third-order valence-corrected chi connectivity index (χ3v) is 4.97. The van der Waals surface area contributed by atoms with Crippen LogP contribution in [0.4, 0.5) is 0 Å². The molecule has 0 bridgehead atoms. The van der Waals surface area contributed by atoms with Crippen molar-refractivity contribution in [2.45, 2.75) is 45.6 Å². The van der Waals surface area contributed by atoms with Gasteiger partial charge in [0.2, 0.25) is 0 Å². The molecular formula is C22H29N3O4. The zero-order valence-corrected chi connectivity index (χ0v) is 17.6. The molecule has 1 aromatic carbocycles. The molecule has 0 N–H and O–H groups in total. The molecule has 0 aromatic heterocycles. The predicted molar refractivity (Wildman–Crippen MR) is 112 cm³/mol. The largest absolute Gasteiger partial charge is 0.490 e. The van der Waals surface area contributed by atoms with Gasteiger partial charge in [-0.25, -0.2) is 4.99 Å². The fourth-order valence-electron chi connectivity index (χ4n) is 3.49. The standard InChI is InChI=1S/C22H29N3O4/c1-5-28-19-14-16(10-11-18(19)29-15(2)21(26)24(3)4)13-17-22(27)25-12-8-6-7-9-20(25)23-17/h10-11,13-15H,5-9,12H2,1-4H3/b17-13+. The van der Waals surface area contributed by atoms with Gasteiger partial charge in [0.25, 0.3) is 11.8 Å². The Balaban J connectivity index is 1.84. The summed E-state index contributed by atoms with van der Waals surface area (Å²) >= 11 is 0. The van der Waals surface area contributed by atoms with Crippen molar-refractivity contribution in [1.82, 2.24) is 9.80 Å². The van der Waals surface area contributed by atoms with Crippen molar-refractivity contribution in [2.24, 2.45) is 4.99 Å².